The molecule has 0 radical (unpaired) electrons. The molecule has 0 saturated heterocycles. The Bertz CT molecular complexity index is 2970. The van der Waals surface area contributed by atoms with Crippen molar-refractivity contribution in [2.75, 3.05) is 0 Å². The molecule has 0 N–H and O–H groups in total. The molecule has 2 aliphatic rings. The fourth-order valence-corrected chi connectivity index (χ4v) is 10.2. The molecule has 0 aromatic heterocycles. The maximum absolute atomic E-state index is 2.50. The predicted molar refractivity (Wildman–Crippen MR) is 230 cm³/mol. The molecular formula is C54H40. The molecule has 0 amide bonds. The van der Waals surface area contributed by atoms with E-state index in [1.54, 1.807) is 0 Å². The van der Waals surface area contributed by atoms with Crippen molar-refractivity contribution in [3.63, 3.8) is 0 Å². The second kappa shape index (κ2) is 11.1. The van der Waals surface area contributed by atoms with Crippen LogP contribution < -0.4 is 0 Å². The topological polar surface area (TPSA) is 0 Å². The third-order valence-corrected chi connectivity index (χ3v) is 12.8. The van der Waals surface area contributed by atoms with Gasteiger partial charge in [-0.15, -0.1) is 0 Å². The summed E-state index contributed by atoms with van der Waals surface area (Å²) in [5.74, 6) is 0. The molecule has 0 spiro atoms. The summed E-state index contributed by atoms with van der Waals surface area (Å²) in [5, 5.41) is 7.63. The molecule has 0 nitrogen and oxygen atoms in total. The number of benzene rings is 9. The summed E-state index contributed by atoms with van der Waals surface area (Å²) in [6.07, 6.45) is 0. The quantitative estimate of drug-likeness (QED) is 0.162. The lowest BCUT2D eigenvalue weighted by molar-refractivity contribution is 0.651. The van der Waals surface area contributed by atoms with E-state index in [9.17, 15) is 0 Å². The molecule has 9 aromatic carbocycles. The molecule has 0 heteroatoms. The van der Waals surface area contributed by atoms with Crippen molar-refractivity contribution in [3.05, 3.63) is 192 Å². The molecular weight excluding hydrogens is 649 g/mol. The average molecular weight is 689 g/mol. The minimum absolute atomic E-state index is 0.0414. The van der Waals surface area contributed by atoms with Gasteiger partial charge in [0.05, 0.1) is 0 Å². The Kier molecular flexibility index (Phi) is 6.46. The van der Waals surface area contributed by atoms with Gasteiger partial charge >= 0.3 is 0 Å². The fourth-order valence-electron chi connectivity index (χ4n) is 10.2. The lowest BCUT2D eigenvalue weighted by Crippen LogP contribution is -2.17. The molecule has 0 saturated carbocycles. The van der Waals surface area contributed by atoms with Crippen molar-refractivity contribution < 1.29 is 0 Å². The van der Waals surface area contributed by atoms with Crippen LogP contribution in [0.25, 0.3) is 88.0 Å². The van der Waals surface area contributed by atoms with E-state index in [0.717, 1.165) is 0 Å². The third-order valence-electron chi connectivity index (χ3n) is 12.8. The summed E-state index contributed by atoms with van der Waals surface area (Å²) in [6, 6.07) is 63.9. The van der Waals surface area contributed by atoms with Gasteiger partial charge in [-0.3, -0.25) is 0 Å². The van der Waals surface area contributed by atoms with Crippen LogP contribution in [-0.4, -0.2) is 0 Å². The molecule has 9 aromatic rings. The van der Waals surface area contributed by atoms with Gasteiger partial charge in [-0.1, -0.05) is 179 Å². The van der Waals surface area contributed by atoms with E-state index in [0.29, 0.717) is 0 Å². The largest absolute Gasteiger partial charge is 0.0622 e. The highest BCUT2D eigenvalue weighted by Gasteiger charge is 2.43. The summed E-state index contributed by atoms with van der Waals surface area (Å²) in [4.78, 5) is 0. The van der Waals surface area contributed by atoms with Crippen LogP contribution in [0, 0.1) is 0 Å². The van der Waals surface area contributed by atoms with Gasteiger partial charge in [-0.2, -0.15) is 0 Å². The summed E-state index contributed by atoms with van der Waals surface area (Å²) < 4.78 is 0. The van der Waals surface area contributed by atoms with Crippen molar-refractivity contribution >= 4 is 32.3 Å². The highest BCUT2D eigenvalue weighted by Crippen LogP contribution is 2.59. The molecule has 11 rings (SSSR count). The van der Waals surface area contributed by atoms with Crippen LogP contribution in [0.1, 0.15) is 49.9 Å². The molecule has 0 unspecified atom stereocenters. The first-order chi connectivity index (χ1) is 26.3. The van der Waals surface area contributed by atoms with Gasteiger partial charge < -0.3 is 0 Å². The molecule has 256 valence electrons. The summed E-state index contributed by atoms with van der Waals surface area (Å²) in [7, 11) is 0. The second-order valence-corrected chi connectivity index (χ2v) is 16.4. The third kappa shape index (κ3) is 4.20. The van der Waals surface area contributed by atoms with Crippen LogP contribution in [0.4, 0.5) is 0 Å². The summed E-state index contributed by atoms with van der Waals surface area (Å²) in [6.45, 7) is 9.58. The maximum atomic E-state index is 2.50. The van der Waals surface area contributed by atoms with Crippen LogP contribution in [0.5, 0.6) is 0 Å². The van der Waals surface area contributed by atoms with E-state index in [2.05, 4.69) is 198 Å². The predicted octanol–water partition coefficient (Wildman–Crippen LogP) is 14.8. The smallest absolute Gasteiger partial charge is 0.0159 e. The lowest BCUT2D eigenvalue weighted by atomic mass is 9.79. The highest BCUT2D eigenvalue weighted by molar-refractivity contribution is 6.24. The zero-order valence-corrected chi connectivity index (χ0v) is 31.2. The SMILES string of the molecule is CC1(C)c2ccccc2-c2c1ccc1c2-c2cc(-c3cc(-c4c5ccccc5c(-c5ccccc5)c5ccccc45)c4ccccc4c3)ccc2C1(C)C. The van der Waals surface area contributed by atoms with Gasteiger partial charge in [0.15, 0.2) is 0 Å². The first-order valence-electron chi connectivity index (χ1n) is 19.3. The second-order valence-electron chi connectivity index (χ2n) is 16.4. The molecule has 0 bridgehead atoms. The standard InChI is InChI=1S/C54H40/c1-53(2)45-25-15-14-24-42(45)51-47(53)28-29-48-52(51)44-31-34(26-27-46(44)54(48,3)4)36-30-35-18-8-9-19-37(35)43(32-36)50-40-22-12-10-20-38(40)49(33-16-6-5-7-17-33)39-21-11-13-23-41(39)50/h5-32H,1-4H3. The van der Waals surface area contributed by atoms with Crippen molar-refractivity contribution in [1.82, 2.24) is 0 Å². The number of hydrogen-bond acceptors (Lipinski definition) is 0. The zero-order valence-electron chi connectivity index (χ0n) is 31.2. The van der Waals surface area contributed by atoms with Gasteiger partial charge in [0.2, 0.25) is 0 Å². The van der Waals surface area contributed by atoms with Crippen molar-refractivity contribution in [3.8, 4) is 55.6 Å². The van der Waals surface area contributed by atoms with E-state index in [1.807, 2.05) is 0 Å². The van der Waals surface area contributed by atoms with E-state index >= 15 is 0 Å². The Morgan fingerprint density at radius 2 is 0.759 bits per heavy atom. The van der Waals surface area contributed by atoms with Gasteiger partial charge in [0.25, 0.3) is 0 Å². The molecule has 0 atom stereocenters. The molecule has 0 fully saturated rings. The van der Waals surface area contributed by atoms with Gasteiger partial charge in [0, 0.05) is 10.8 Å². The normalized spacial score (nSPS) is 14.6. The van der Waals surface area contributed by atoms with E-state index in [4.69, 9.17) is 0 Å². The van der Waals surface area contributed by atoms with Crippen LogP contribution in [0.2, 0.25) is 0 Å². The van der Waals surface area contributed by atoms with Gasteiger partial charge in [0.1, 0.15) is 0 Å². The highest BCUT2D eigenvalue weighted by atomic mass is 14.5. The number of rotatable bonds is 3. The summed E-state index contributed by atoms with van der Waals surface area (Å²) in [5.41, 5.74) is 18.8. The van der Waals surface area contributed by atoms with Crippen LogP contribution in [-0.2, 0) is 10.8 Å². The van der Waals surface area contributed by atoms with Gasteiger partial charge in [-0.05, 0) is 128 Å². The Balaban J connectivity index is 1.19. The molecule has 2 aliphatic carbocycles. The Morgan fingerprint density at radius 3 is 1.43 bits per heavy atom. The van der Waals surface area contributed by atoms with Crippen LogP contribution in [0.15, 0.2) is 170 Å². The van der Waals surface area contributed by atoms with Crippen molar-refractivity contribution in [2.45, 2.75) is 38.5 Å². The number of fused-ring (bicyclic) bond motifs is 10. The zero-order chi connectivity index (χ0) is 36.3. The van der Waals surface area contributed by atoms with Gasteiger partial charge in [-0.25, -0.2) is 0 Å². The maximum Gasteiger partial charge on any atom is 0.0159 e. The lowest BCUT2D eigenvalue weighted by Gasteiger charge is -2.24. The van der Waals surface area contributed by atoms with Crippen molar-refractivity contribution in [2.24, 2.45) is 0 Å². The average Bonchev–Trinajstić information content (AvgIpc) is 3.59. The minimum Gasteiger partial charge on any atom is -0.0622 e. The van der Waals surface area contributed by atoms with E-state index in [-0.39, 0.29) is 10.8 Å². The minimum atomic E-state index is -0.0905. The molecule has 0 aliphatic heterocycles. The Labute approximate surface area is 317 Å². The Hall–Kier alpha value is -6.24. The molecule has 54 heavy (non-hydrogen) atoms. The Morgan fingerprint density at radius 1 is 0.278 bits per heavy atom. The molecule has 0 heterocycles. The summed E-state index contributed by atoms with van der Waals surface area (Å²) >= 11 is 0. The first-order valence-corrected chi connectivity index (χ1v) is 19.3. The van der Waals surface area contributed by atoms with Crippen molar-refractivity contribution in [1.29, 1.82) is 0 Å². The van der Waals surface area contributed by atoms with E-state index in [1.165, 1.54) is 110 Å². The van der Waals surface area contributed by atoms with E-state index < -0.39 is 0 Å². The monoisotopic (exact) mass is 688 g/mol. The number of hydrogen-bond donors (Lipinski definition) is 0. The van der Waals surface area contributed by atoms with Crippen LogP contribution >= 0.6 is 0 Å². The fraction of sp³-hybridized carbons (Fsp3) is 0.111. The van der Waals surface area contributed by atoms with Crippen LogP contribution in [0.3, 0.4) is 0 Å². The first kappa shape index (κ1) is 31.3.